The third-order valence-corrected chi connectivity index (χ3v) is 2.62. The van der Waals surface area contributed by atoms with Gasteiger partial charge in [-0.2, -0.15) is 4.68 Å². The average molecular weight is 257 g/mol. The van der Waals surface area contributed by atoms with Gasteiger partial charge < -0.3 is 14.7 Å². The molecule has 0 aromatic carbocycles. The molecule has 17 heavy (non-hydrogen) atoms. The molecule has 0 aliphatic carbocycles. The van der Waals surface area contributed by atoms with E-state index in [1.807, 2.05) is 14.0 Å². The zero-order chi connectivity index (χ0) is 12.6. The highest BCUT2D eigenvalue weighted by atomic mass is 35.5. The maximum Gasteiger partial charge on any atom is 0.408 e. The molecule has 0 N–H and O–H groups in total. The molecule has 2 aromatic heterocycles. The molecule has 90 valence electrons. The predicted molar refractivity (Wildman–Crippen MR) is 58.7 cm³/mol. The van der Waals surface area contributed by atoms with Gasteiger partial charge in [0.05, 0.1) is 11.3 Å². The van der Waals surface area contributed by atoms with Crippen LogP contribution in [0.2, 0.25) is 5.02 Å². The minimum absolute atomic E-state index is 0.00823. The standard InChI is InChI=1S/C8H9ClN6O2/c1-5-10-11-7(13(5)2)4-14-3-6(9)8(12-14)15(16)17/h3H,4H2,1-2H3. The van der Waals surface area contributed by atoms with Gasteiger partial charge in [-0.3, -0.25) is 0 Å². The van der Waals surface area contributed by atoms with E-state index in [2.05, 4.69) is 15.3 Å². The molecule has 2 heterocycles. The van der Waals surface area contributed by atoms with Crippen molar-refractivity contribution < 1.29 is 4.92 Å². The van der Waals surface area contributed by atoms with Crippen molar-refractivity contribution in [2.75, 3.05) is 0 Å². The summed E-state index contributed by atoms with van der Waals surface area (Å²) in [6.45, 7) is 2.10. The van der Waals surface area contributed by atoms with Crippen LogP contribution in [0, 0.1) is 17.0 Å². The van der Waals surface area contributed by atoms with Crippen molar-refractivity contribution in [1.29, 1.82) is 0 Å². The van der Waals surface area contributed by atoms with Crippen LogP contribution in [0.15, 0.2) is 6.20 Å². The van der Waals surface area contributed by atoms with Crippen LogP contribution < -0.4 is 0 Å². The van der Waals surface area contributed by atoms with Crippen molar-refractivity contribution in [1.82, 2.24) is 24.5 Å². The van der Waals surface area contributed by atoms with Crippen LogP contribution in [0.3, 0.4) is 0 Å². The lowest BCUT2D eigenvalue weighted by Crippen LogP contribution is -2.07. The topological polar surface area (TPSA) is 91.7 Å². The van der Waals surface area contributed by atoms with Crippen LogP contribution in [-0.2, 0) is 13.6 Å². The fourth-order valence-electron chi connectivity index (χ4n) is 1.33. The van der Waals surface area contributed by atoms with Gasteiger partial charge in [0.25, 0.3) is 0 Å². The lowest BCUT2D eigenvalue weighted by molar-refractivity contribution is -0.389. The van der Waals surface area contributed by atoms with Gasteiger partial charge in [-0.25, -0.2) is 0 Å². The first-order valence-corrected chi connectivity index (χ1v) is 5.09. The average Bonchev–Trinajstić information content (AvgIpc) is 2.76. The Bertz CT molecular complexity index is 575. The zero-order valence-corrected chi connectivity index (χ0v) is 9.92. The Kier molecular flexibility index (Phi) is 2.80. The molecule has 0 bridgehead atoms. The molecule has 0 atom stereocenters. The van der Waals surface area contributed by atoms with Crippen LogP contribution in [0.4, 0.5) is 5.82 Å². The summed E-state index contributed by atoms with van der Waals surface area (Å²) in [4.78, 5) is 9.95. The number of halogens is 1. The van der Waals surface area contributed by atoms with Gasteiger partial charge in [0, 0.05) is 7.05 Å². The first-order chi connectivity index (χ1) is 7.99. The SMILES string of the molecule is Cc1nnc(Cn2cc(Cl)c([N+](=O)[O-])n2)n1C. The van der Waals surface area contributed by atoms with Crippen LogP contribution in [0.5, 0.6) is 0 Å². The Morgan fingerprint density at radius 3 is 2.71 bits per heavy atom. The second-order valence-electron chi connectivity index (χ2n) is 3.48. The molecular formula is C8H9ClN6O2. The van der Waals surface area contributed by atoms with Gasteiger partial charge in [0.1, 0.15) is 12.4 Å². The van der Waals surface area contributed by atoms with E-state index in [4.69, 9.17) is 11.6 Å². The molecule has 0 amide bonds. The maximum absolute atomic E-state index is 10.6. The summed E-state index contributed by atoms with van der Waals surface area (Å²) in [5.41, 5.74) is 0. The smallest absolute Gasteiger partial charge is 0.358 e. The van der Waals surface area contributed by atoms with Crippen LogP contribution in [0.1, 0.15) is 11.6 Å². The molecule has 0 saturated heterocycles. The molecule has 0 unspecified atom stereocenters. The van der Waals surface area contributed by atoms with Crippen molar-refractivity contribution in [3.8, 4) is 0 Å². The summed E-state index contributed by atoms with van der Waals surface area (Å²) in [6, 6.07) is 0. The van der Waals surface area contributed by atoms with Gasteiger partial charge in [-0.05, 0) is 11.8 Å². The molecule has 0 spiro atoms. The number of hydrogen-bond acceptors (Lipinski definition) is 5. The third-order valence-electron chi connectivity index (χ3n) is 2.36. The van der Waals surface area contributed by atoms with E-state index < -0.39 is 4.92 Å². The fourth-order valence-corrected chi connectivity index (χ4v) is 1.54. The number of rotatable bonds is 3. The molecular weight excluding hydrogens is 248 g/mol. The normalized spacial score (nSPS) is 10.8. The summed E-state index contributed by atoms with van der Waals surface area (Å²) in [6.07, 6.45) is 1.39. The lowest BCUT2D eigenvalue weighted by Gasteiger charge is -1.98. The Morgan fingerprint density at radius 1 is 1.53 bits per heavy atom. The molecule has 8 nitrogen and oxygen atoms in total. The van der Waals surface area contributed by atoms with E-state index in [-0.39, 0.29) is 17.4 Å². The highest BCUT2D eigenvalue weighted by molar-refractivity contribution is 6.32. The van der Waals surface area contributed by atoms with Gasteiger partial charge >= 0.3 is 5.82 Å². The molecule has 0 aliphatic rings. The Labute approximate surface area is 101 Å². The van der Waals surface area contributed by atoms with Crippen molar-refractivity contribution in [3.63, 3.8) is 0 Å². The summed E-state index contributed by atoms with van der Waals surface area (Å²) in [5, 5.41) is 22.2. The number of hydrogen-bond donors (Lipinski definition) is 0. The summed E-state index contributed by atoms with van der Waals surface area (Å²) in [7, 11) is 1.81. The monoisotopic (exact) mass is 256 g/mol. The van der Waals surface area contributed by atoms with E-state index in [0.717, 1.165) is 5.82 Å². The Balaban J connectivity index is 2.28. The number of aromatic nitrogens is 5. The quantitative estimate of drug-likeness (QED) is 0.602. The molecule has 9 heteroatoms. The molecule has 0 fully saturated rings. The van der Waals surface area contributed by atoms with E-state index in [0.29, 0.717) is 5.82 Å². The summed E-state index contributed by atoms with van der Waals surface area (Å²) in [5.74, 6) is 1.05. The van der Waals surface area contributed by atoms with Crippen molar-refractivity contribution >= 4 is 17.4 Å². The Morgan fingerprint density at radius 2 is 2.24 bits per heavy atom. The van der Waals surface area contributed by atoms with Crippen molar-refractivity contribution in [2.24, 2.45) is 7.05 Å². The summed E-state index contributed by atoms with van der Waals surface area (Å²) >= 11 is 5.68. The van der Waals surface area contributed by atoms with Crippen LogP contribution >= 0.6 is 11.6 Å². The van der Waals surface area contributed by atoms with Gasteiger partial charge in [-0.15, -0.1) is 10.2 Å². The number of nitro groups is 1. The molecule has 0 aliphatic heterocycles. The van der Waals surface area contributed by atoms with Crippen molar-refractivity contribution in [2.45, 2.75) is 13.5 Å². The molecule has 0 radical (unpaired) electrons. The van der Waals surface area contributed by atoms with Gasteiger partial charge in [-0.1, -0.05) is 11.6 Å². The van der Waals surface area contributed by atoms with Crippen LogP contribution in [-0.4, -0.2) is 29.5 Å². The fraction of sp³-hybridized carbons (Fsp3) is 0.375. The van der Waals surface area contributed by atoms with Gasteiger partial charge in [0.2, 0.25) is 0 Å². The molecule has 2 aromatic rings. The first kappa shape index (κ1) is 11.5. The van der Waals surface area contributed by atoms with E-state index in [1.54, 1.807) is 4.57 Å². The summed E-state index contributed by atoms with van der Waals surface area (Å²) < 4.78 is 3.14. The van der Waals surface area contributed by atoms with E-state index in [9.17, 15) is 10.1 Å². The Hall–Kier alpha value is -1.96. The zero-order valence-electron chi connectivity index (χ0n) is 9.16. The second-order valence-corrected chi connectivity index (χ2v) is 3.88. The van der Waals surface area contributed by atoms with Gasteiger partial charge in [0.15, 0.2) is 10.8 Å². The maximum atomic E-state index is 10.6. The minimum Gasteiger partial charge on any atom is -0.358 e. The molecule has 2 rings (SSSR count). The molecule has 0 saturated carbocycles. The van der Waals surface area contributed by atoms with Crippen LogP contribution in [0.25, 0.3) is 0 Å². The lowest BCUT2D eigenvalue weighted by atomic mass is 10.5. The highest BCUT2D eigenvalue weighted by Gasteiger charge is 2.20. The van der Waals surface area contributed by atoms with E-state index >= 15 is 0 Å². The third kappa shape index (κ3) is 2.11. The number of nitrogens with zero attached hydrogens (tertiary/aromatic N) is 6. The minimum atomic E-state index is -0.624. The van der Waals surface area contributed by atoms with E-state index in [1.165, 1.54) is 10.9 Å². The number of aryl methyl sites for hydroxylation is 1. The predicted octanol–water partition coefficient (Wildman–Crippen LogP) is 0.930. The van der Waals surface area contributed by atoms with Crippen molar-refractivity contribution in [3.05, 3.63) is 33.0 Å². The largest absolute Gasteiger partial charge is 0.408 e. The highest BCUT2D eigenvalue weighted by Crippen LogP contribution is 2.21. The first-order valence-electron chi connectivity index (χ1n) is 4.71. The second kappa shape index (κ2) is 4.13.